The van der Waals surface area contributed by atoms with E-state index in [4.69, 9.17) is 4.74 Å². The lowest BCUT2D eigenvalue weighted by Crippen LogP contribution is -2.52. The highest BCUT2D eigenvalue weighted by Crippen LogP contribution is 2.55. The number of carbonyl (C=O) groups excluding carboxylic acids is 1. The molecule has 0 unspecified atom stereocenters. The van der Waals surface area contributed by atoms with Gasteiger partial charge in [-0.3, -0.25) is 4.79 Å². The molecule has 0 aliphatic carbocycles. The number of phenolic OH excluding ortho intramolecular Hbond substituents is 1. The van der Waals surface area contributed by atoms with Gasteiger partial charge >= 0.3 is 0 Å². The van der Waals surface area contributed by atoms with E-state index in [1.165, 1.54) is 0 Å². The molecular formula is C25H24N2O3. The summed E-state index contributed by atoms with van der Waals surface area (Å²) in [4.78, 5) is 13.4. The fourth-order valence-electron chi connectivity index (χ4n) is 5.11. The summed E-state index contributed by atoms with van der Waals surface area (Å²) in [7, 11) is 1.55. The molecule has 3 N–H and O–H groups in total. The molecule has 3 aromatic rings. The van der Waals surface area contributed by atoms with Crippen molar-refractivity contribution in [3.05, 3.63) is 82.9 Å². The Bertz CT molecular complexity index is 1170. The Morgan fingerprint density at radius 2 is 1.83 bits per heavy atom. The van der Waals surface area contributed by atoms with E-state index in [2.05, 4.69) is 42.7 Å². The smallest absolute Gasteiger partial charge is 0.255 e. The third kappa shape index (κ3) is 2.45. The molecule has 5 heteroatoms. The summed E-state index contributed by atoms with van der Waals surface area (Å²) < 4.78 is 5.37. The molecule has 0 radical (unpaired) electrons. The minimum absolute atomic E-state index is 0.0434. The Hall–Kier alpha value is -3.47. The molecule has 0 bridgehead atoms. The van der Waals surface area contributed by atoms with Gasteiger partial charge in [-0.05, 0) is 42.3 Å². The number of ether oxygens (including phenoxy) is 1. The van der Waals surface area contributed by atoms with Crippen LogP contribution in [0.5, 0.6) is 11.5 Å². The van der Waals surface area contributed by atoms with Crippen molar-refractivity contribution < 1.29 is 14.6 Å². The van der Waals surface area contributed by atoms with E-state index in [0.717, 1.165) is 33.6 Å². The Morgan fingerprint density at radius 1 is 1.03 bits per heavy atom. The average Bonchev–Trinajstić information content (AvgIpc) is 3.02. The Labute approximate surface area is 175 Å². The Balaban J connectivity index is 1.76. The maximum absolute atomic E-state index is 13.4. The van der Waals surface area contributed by atoms with E-state index in [1.807, 2.05) is 36.4 Å². The summed E-state index contributed by atoms with van der Waals surface area (Å²) in [5.41, 5.74) is 5.17. The van der Waals surface area contributed by atoms with Crippen LogP contribution in [0.25, 0.3) is 0 Å². The van der Waals surface area contributed by atoms with Gasteiger partial charge in [0.25, 0.3) is 5.91 Å². The first kappa shape index (κ1) is 18.6. The summed E-state index contributed by atoms with van der Waals surface area (Å²) in [6, 6.07) is 19.6. The van der Waals surface area contributed by atoms with E-state index in [-0.39, 0.29) is 23.5 Å². The molecule has 0 saturated heterocycles. The molecule has 2 aliphatic rings. The van der Waals surface area contributed by atoms with Crippen molar-refractivity contribution in [1.29, 1.82) is 0 Å². The quantitative estimate of drug-likeness (QED) is 0.581. The average molecular weight is 400 g/mol. The largest absolute Gasteiger partial charge is 0.504 e. The van der Waals surface area contributed by atoms with E-state index < -0.39 is 5.54 Å². The molecule has 5 rings (SSSR count). The molecule has 2 heterocycles. The number of methoxy groups -OCH3 is 1. The lowest BCUT2D eigenvalue weighted by molar-refractivity contribution is -0.121. The zero-order valence-electron chi connectivity index (χ0n) is 17.2. The van der Waals surface area contributed by atoms with Crippen molar-refractivity contribution in [2.75, 3.05) is 17.7 Å². The fourth-order valence-corrected chi connectivity index (χ4v) is 5.11. The molecule has 0 fully saturated rings. The van der Waals surface area contributed by atoms with E-state index in [9.17, 15) is 9.90 Å². The SMILES string of the molecule is COc1cc([C@@H]2c3cc(C)ccc3N[C@@]3(C(=O)Nc4ccccc43)[C@H]2C)ccc1O. The standard InChI is InChI=1S/C25H24N2O3/c1-14-8-10-19-17(12-14)23(16-9-11-21(28)22(13-16)30-3)15(2)25(27-19)18-6-4-5-7-20(18)26-24(25)29/h4-13,15,23,27-28H,1-3H3,(H,26,29)/t15-,23+,25-/m0/s1. The van der Waals surface area contributed by atoms with Crippen LogP contribution in [0.15, 0.2) is 60.7 Å². The van der Waals surface area contributed by atoms with Crippen LogP contribution < -0.4 is 15.4 Å². The van der Waals surface area contributed by atoms with Crippen LogP contribution in [-0.2, 0) is 10.3 Å². The minimum Gasteiger partial charge on any atom is -0.504 e. The first-order valence-corrected chi connectivity index (χ1v) is 10.1. The van der Waals surface area contributed by atoms with Crippen molar-refractivity contribution in [3.63, 3.8) is 0 Å². The summed E-state index contributed by atoms with van der Waals surface area (Å²) >= 11 is 0. The maximum Gasteiger partial charge on any atom is 0.255 e. The number of amides is 1. The van der Waals surface area contributed by atoms with Crippen molar-refractivity contribution in [3.8, 4) is 11.5 Å². The second-order valence-electron chi connectivity index (χ2n) is 8.22. The Kier molecular flexibility index (Phi) is 4.03. The van der Waals surface area contributed by atoms with Crippen LogP contribution in [0.2, 0.25) is 0 Å². The van der Waals surface area contributed by atoms with Crippen LogP contribution in [-0.4, -0.2) is 18.1 Å². The highest BCUT2D eigenvalue weighted by molar-refractivity contribution is 6.08. The summed E-state index contributed by atoms with van der Waals surface area (Å²) in [6.07, 6.45) is 0. The minimum atomic E-state index is -0.880. The molecular weight excluding hydrogens is 376 g/mol. The van der Waals surface area contributed by atoms with Gasteiger partial charge in [0.15, 0.2) is 11.5 Å². The van der Waals surface area contributed by atoms with Crippen LogP contribution in [0.3, 0.4) is 0 Å². The van der Waals surface area contributed by atoms with Gasteiger partial charge in [-0.25, -0.2) is 0 Å². The van der Waals surface area contributed by atoms with Crippen LogP contribution >= 0.6 is 0 Å². The number of phenols is 1. The fraction of sp³-hybridized carbons (Fsp3) is 0.240. The van der Waals surface area contributed by atoms with Crippen molar-refractivity contribution >= 4 is 17.3 Å². The number of hydrogen-bond acceptors (Lipinski definition) is 4. The van der Waals surface area contributed by atoms with Gasteiger partial charge in [0.05, 0.1) is 7.11 Å². The lowest BCUT2D eigenvalue weighted by atomic mass is 9.65. The Morgan fingerprint density at radius 3 is 2.63 bits per heavy atom. The van der Waals surface area contributed by atoms with E-state index in [0.29, 0.717) is 5.75 Å². The molecule has 3 atom stereocenters. The van der Waals surface area contributed by atoms with E-state index >= 15 is 0 Å². The zero-order chi connectivity index (χ0) is 21.0. The van der Waals surface area contributed by atoms with Crippen LogP contribution in [0.4, 0.5) is 11.4 Å². The van der Waals surface area contributed by atoms with Crippen molar-refractivity contribution in [1.82, 2.24) is 0 Å². The second kappa shape index (κ2) is 6.52. The molecule has 0 saturated carbocycles. The normalized spacial score (nSPS) is 24.0. The summed E-state index contributed by atoms with van der Waals surface area (Å²) in [5, 5.41) is 16.8. The first-order chi connectivity index (χ1) is 14.5. The topological polar surface area (TPSA) is 70.6 Å². The second-order valence-corrected chi connectivity index (χ2v) is 8.22. The highest BCUT2D eigenvalue weighted by Gasteiger charge is 2.56. The van der Waals surface area contributed by atoms with Crippen LogP contribution in [0, 0.1) is 12.8 Å². The van der Waals surface area contributed by atoms with Gasteiger partial charge in [0.2, 0.25) is 0 Å². The number of carbonyl (C=O) groups is 1. The summed E-state index contributed by atoms with van der Waals surface area (Å²) in [5.74, 6) is 0.333. The number of para-hydroxylation sites is 1. The van der Waals surface area contributed by atoms with E-state index in [1.54, 1.807) is 13.2 Å². The molecule has 3 aromatic carbocycles. The maximum atomic E-state index is 13.4. The molecule has 0 aromatic heterocycles. The van der Waals surface area contributed by atoms with Crippen LogP contribution in [0.1, 0.15) is 35.1 Å². The van der Waals surface area contributed by atoms with Crippen molar-refractivity contribution in [2.45, 2.75) is 25.3 Å². The zero-order valence-corrected chi connectivity index (χ0v) is 17.2. The van der Waals surface area contributed by atoms with Gasteiger partial charge in [-0.1, -0.05) is 48.9 Å². The van der Waals surface area contributed by atoms with Gasteiger partial charge < -0.3 is 20.5 Å². The number of aromatic hydroxyl groups is 1. The van der Waals surface area contributed by atoms with Gasteiger partial charge in [-0.2, -0.15) is 0 Å². The summed E-state index contributed by atoms with van der Waals surface area (Å²) in [6.45, 7) is 4.19. The molecule has 152 valence electrons. The van der Waals surface area contributed by atoms with Crippen molar-refractivity contribution in [2.24, 2.45) is 5.92 Å². The number of anilines is 2. The first-order valence-electron chi connectivity index (χ1n) is 10.1. The van der Waals surface area contributed by atoms with Gasteiger partial charge in [-0.15, -0.1) is 0 Å². The lowest BCUT2D eigenvalue weighted by Gasteiger charge is -2.45. The number of aryl methyl sites for hydroxylation is 1. The predicted octanol–water partition coefficient (Wildman–Crippen LogP) is 4.75. The van der Waals surface area contributed by atoms with Gasteiger partial charge in [0.1, 0.15) is 5.54 Å². The highest BCUT2D eigenvalue weighted by atomic mass is 16.5. The van der Waals surface area contributed by atoms with Gasteiger partial charge in [0, 0.05) is 28.8 Å². The molecule has 1 amide bonds. The number of rotatable bonds is 2. The predicted molar refractivity (Wildman–Crippen MR) is 117 cm³/mol. The molecule has 2 aliphatic heterocycles. The number of fused-ring (bicyclic) bond motifs is 3. The third-order valence-electron chi connectivity index (χ3n) is 6.58. The third-order valence-corrected chi connectivity index (χ3v) is 6.58. The number of benzene rings is 3. The molecule has 30 heavy (non-hydrogen) atoms. The molecule has 1 spiro atoms. The number of nitrogens with one attached hydrogen (secondary N) is 2. The number of hydrogen-bond donors (Lipinski definition) is 3. The monoisotopic (exact) mass is 400 g/mol. The molecule has 5 nitrogen and oxygen atoms in total.